The Morgan fingerprint density at radius 2 is 2.00 bits per heavy atom. The Morgan fingerprint density at radius 1 is 1.14 bits per heavy atom. The zero-order chi connectivity index (χ0) is 19.8. The molecule has 1 aliphatic heterocycles. The highest BCUT2D eigenvalue weighted by molar-refractivity contribution is 7.12. The molecule has 4 unspecified atom stereocenters. The van der Waals surface area contributed by atoms with Crippen molar-refractivity contribution in [1.82, 2.24) is 5.01 Å². The van der Waals surface area contributed by atoms with Gasteiger partial charge in [0.1, 0.15) is 0 Å². The molecule has 7 heteroatoms. The summed E-state index contributed by atoms with van der Waals surface area (Å²) in [5.41, 5.74) is 0.917. The lowest BCUT2D eigenvalue weighted by Crippen LogP contribution is -2.31. The van der Waals surface area contributed by atoms with E-state index in [1.165, 1.54) is 24.3 Å². The van der Waals surface area contributed by atoms with Crippen molar-refractivity contribution >= 4 is 40.3 Å². The molecule has 2 saturated carbocycles. The van der Waals surface area contributed by atoms with Crippen molar-refractivity contribution in [3.8, 4) is 0 Å². The molecule has 2 aliphatic carbocycles. The molecule has 0 radical (unpaired) electrons. The van der Waals surface area contributed by atoms with Crippen LogP contribution in [0.3, 0.4) is 0 Å². The lowest BCUT2D eigenvalue weighted by molar-refractivity contribution is -0.153. The van der Waals surface area contributed by atoms with E-state index in [0.717, 1.165) is 27.8 Å². The third-order valence-corrected chi connectivity index (χ3v) is 8.41. The molecule has 29 heavy (non-hydrogen) atoms. The van der Waals surface area contributed by atoms with Crippen LogP contribution in [0.2, 0.25) is 0 Å². The fraction of sp³-hybridized carbons (Fsp3) is 0.500. The summed E-state index contributed by atoms with van der Waals surface area (Å²) in [5.74, 6) is 1.44. The highest BCUT2D eigenvalue weighted by Gasteiger charge is 2.40. The number of carbonyl (C=O) groups excluding carboxylic acids is 2. The van der Waals surface area contributed by atoms with Crippen LogP contribution in [0.15, 0.2) is 40.1 Å². The van der Waals surface area contributed by atoms with Crippen LogP contribution in [0.1, 0.15) is 54.3 Å². The van der Waals surface area contributed by atoms with Crippen molar-refractivity contribution in [2.75, 3.05) is 6.61 Å². The van der Waals surface area contributed by atoms with Crippen molar-refractivity contribution in [3.63, 3.8) is 0 Å². The highest BCUT2D eigenvalue weighted by atomic mass is 32.1. The van der Waals surface area contributed by atoms with Gasteiger partial charge >= 0.3 is 5.97 Å². The van der Waals surface area contributed by atoms with Gasteiger partial charge in [0, 0.05) is 17.7 Å². The minimum absolute atomic E-state index is 0.121. The van der Waals surface area contributed by atoms with Gasteiger partial charge in [-0.05, 0) is 59.9 Å². The van der Waals surface area contributed by atoms with Gasteiger partial charge in [0.05, 0.1) is 16.6 Å². The number of fused-ring (bicyclic) bond motifs is 2. The molecule has 5 nitrogen and oxygen atoms in total. The second-order valence-corrected chi connectivity index (χ2v) is 10.2. The molecular formula is C22H24N2O3S2. The third kappa shape index (κ3) is 3.90. The molecule has 0 aromatic carbocycles. The largest absolute Gasteiger partial charge is 0.455 e. The summed E-state index contributed by atoms with van der Waals surface area (Å²) in [6, 6.07) is 7.91. The van der Waals surface area contributed by atoms with Gasteiger partial charge in [0.25, 0.3) is 5.91 Å². The Kier molecular flexibility index (Phi) is 5.26. The molecule has 2 fully saturated rings. The average molecular weight is 429 g/mol. The van der Waals surface area contributed by atoms with Crippen LogP contribution in [0.5, 0.6) is 0 Å². The SMILES string of the molecule is O=C(CC1CC2CCC1C2)OCC(=O)N1N=C(c2cccs2)CC1c1cccs1. The highest BCUT2D eigenvalue weighted by Crippen LogP contribution is 2.49. The first-order valence-corrected chi connectivity index (χ1v) is 12.1. The van der Waals surface area contributed by atoms with Gasteiger partial charge < -0.3 is 4.74 Å². The van der Waals surface area contributed by atoms with Gasteiger partial charge in [-0.15, -0.1) is 22.7 Å². The number of hydrogen-bond acceptors (Lipinski definition) is 6. The first kappa shape index (κ1) is 19.0. The number of nitrogens with zero attached hydrogens (tertiary/aromatic N) is 2. The van der Waals surface area contributed by atoms with Crippen LogP contribution in [0, 0.1) is 17.8 Å². The van der Waals surface area contributed by atoms with E-state index in [2.05, 4.69) is 5.10 Å². The van der Waals surface area contributed by atoms with Gasteiger partial charge in [-0.2, -0.15) is 5.10 Å². The van der Waals surface area contributed by atoms with Gasteiger partial charge in [-0.25, -0.2) is 5.01 Å². The zero-order valence-electron chi connectivity index (χ0n) is 16.2. The van der Waals surface area contributed by atoms with Crippen LogP contribution in [-0.4, -0.2) is 29.2 Å². The predicted molar refractivity (Wildman–Crippen MR) is 114 cm³/mol. The van der Waals surface area contributed by atoms with Crippen molar-refractivity contribution in [1.29, 1.82) is 0 Å². The summed E-state index contributed by atoms with van der Waals surface area (Å²) >= 11 is 3.25. The van der Waals surface area contributed by atoms with E-state index in [0.29, 0.717) is 24.7 Å². The number of esters is 1. The fourth-order valence-corrected chi connectivity index (χ4v) is 6.67. The molecule has 5 rings (SSSR count). The normalized spacial score (nSPS) is 28.0. The van der Waals surface area contributed by atoms with Crippen LogP contribution in [0.25, 0.3) is 0 Å². The number of hydrogen-bond donors (Lipinski definition) is 0. The Bertz CT molecular complexity index is 907. The van der Waals surface area contributed by atoms with Crippen LogP contribution >= 0.6 is 22.7 Å². The second-order valence-electron chi connectivity index (χ2n) is 8.30. The molecule has 1 amide bonds. The van der Waals surface area contributed by atoms with Crippen molar-refractivity contribution in [2.45, 2.75) is 44.6 Å². The van der Waals surface area contributed by atoms with E-state index in [-0.39, 0.29) is 24.5 Å². The van der Waals surface area contributed by atoms with Gasteiger partial charge in [-0.1, -0.05) is 18.6 Å². The number of ether oxygens (including phenoxy) is 1. The third-order valence-electron chi connectivity index (χ3n) is 6.51. The lowest BCUT2D eigenvalue weighted by Gasteiger charge is -2.22. The van der Waals surface area contributed by atoms with Crippen LogP contribution < -0.4 is 0 Å². The summed E-state index contributed by atoms with van der Waals surface area (Å²) in [6.07, 6.45) is 6.12. The molecule has 3 aliphatic rings. The number of carbonyl (C=O) groups is 2. The van der Waals surface area contributed by atoms with Gasteiger partial charge in [0.2, 0.25) is 0 Å². The fourth-order valence-electron chi connectivity index (χ4n) is 5.14. The van der Waals surface area contributed by atoms with E-state index in [9.17, 15) is 9.59 Å². The number of thiophene rings is 2. The van der Waals surface area contributed by atoms with Crippen LogP contribution in [0.4, 0.5) is 0 Å². The minimum atomic E-state index is -0.253. The van der Waals surface area contributed by atoms with Crippen molar-refractivity contribution in [3.05, 3.63) is 44.8 Å². The van der Waals surface area contributed by atoms with E-state index < -0.39 is 0 Å². The molecular weight excluding hydrogens is 404 g/mol. The van der Waals surface area contributed by atoms with Crippen LogP contribution in [-0.2, 0) is 14.3 Å². The summed E-state index contributed by atoms with van der Waals surface area (Å²) in [5, 5.41) is 10.2. The first-order valence-electron chi connectivity index (χ1n) is 10.3. The maximum absolute atomic E-state index is 12.9. The molecule has 3 heterocycles. The molecule has 4 atom stereocenters. The van der Waals surface area contributed by atoms with E-state index in [1.54, 1.807) is 22.7 Å². The molecule has 2 aromatic rings. The maximum Gasteiger partial charge on any atom is 0.306 e. The number of amides is 1. The molecule has 152 valence electrons. The topological polar surface area (TPSA) is 59.0 Å². The summed E-state index contributed by atoms with van der Waals surface area (Å²) in [4.78, 5) is 27.4. The number of hydrazone groups is 1. The quantitative estimate of drug-likeness (QED) is 0.618. The predicted octanol–water partition coefficient (Wildman–Crippen LogP) is 4.86. The first-order chi connectivity index (χ1) is 14.2. The lowest BCUT2D eigenvalue weighted by atomic mass is 9.86. The Hall–Kier alpha value is -1.99. The van der Waals surface area contributed by atoms with Gasteiger partial charge in [-0.3, -0.25) is 9.59 Å². The second kappa shape index (κ2) is 8.03. The molecule has 0 N–H and O–H groups in total. The monoisotopic (exact) mass is 428 g/mol. The molecule has 2 aromatic heterocycles. The minimum Gasteiger partial charge on any atom is -0.455 e. The Morgan fingerprint density at radius 3 is 2.69 bits per heavy atom. The Balaban J connectivity index is 1.22. The number of rotatable bonds is 6. The van der Waals surface area contributed by atoms with Crippen molar-refractivity contribution < 1.29 is 14.3 Å². The zero-order valence-corrected chi connectivity index (χ0v) is 17.8. The van der Waals surface area contributed by atoms with E-state index >= 15 is 0 Å². The van der Waals surface area contributed by atoms with E-state index in [1.807, 2.05) is 35.0 Å². The smallest absolute Gasteiger partial charge is 0.306 e. The standard InChI is InChI=1S/C22H24N2O3S2/c25-21(13-27-22(26)11-16-10-14-5-6-15(16)9-14)24-18(20-4-2-8-29-20)12-17(23-24)19-3-1-7-28-19/h1-4,7-8,14-16,18H,5-6,9-13H2. The van der Waals surface area contributed by atoms with Gasteiger partial charge in [0.15, 0.2) is 6.61 Å². The summed E-state index contributed by atoms with van der Waals surface area (Å²) in [7, 11) is 0. The Labute approximate surface area is 178 Å². The molecule has 2 bridgehead atoms. The van der Waals surface area contributed by atoms with Crippen molar-refractivity contribution in [2.24, 2.45) is 22.9 Å². The van der Waals surface area contributed by atoms with E-state index in [4.69, 9.17) is 4.74 Å². The molecule has 0 saturated heterocycles. The maximum atomic E-state index is 12.9. The average Bonchev–Trinajstić information content (AvgIpc) is 3.51. The summed E-state index contributed by atoms with van der Waals surface area (Å²) < 4.78 is 5.38. The molecule has 0 spiro atoms. The summed E-state index contributed by atoms with van der Waals surface area (Å²) in [6.45, 7) is -0.233.